The van der Waals surface area contributed by atoms with Crippen LogP contribution >= 0.6 is 11.3 Å². The van der Waals surface area contributed by atoms with Crippen molar-refractivity contribution in [2.75, 3.05) is 0 Å². The zero-order chi connectivity index (χ0) is 13.9. The lowest BCUT2D eigenvalue weighted by Crippen LogP contribution is -2.17. The van der Waals surface area contributed by atoms with Crippen LogP contribution in [0.2, 0.25) is 0 Å². The van der Waals surface area contributed by atoms with Gasteiger partial charge in [-0.05, 0) is 12.1 Å². The molecule has 0 atom stereocenters. The fraction of sp³-hybridized carbons (Fsp3) is 0.0714. The molecule has 0 spiro atoms. The van der Waals surface area contributed by atoms with E-state index in [-0.39, 0.29) is 17.8 Å². The van der Waals surface area contributed by atoms with Crippen LogP contribution in [0.1, 0.15) is 17.0 Å². The highest BCUT2D eigenvalue weighted by atomic mass is 32.1. The molecule has 0 saturated carbocycles. The van der Waals surface area contributed by atoms with Gasteiger partial charge in [-0.1, -0.05) is 0 Å². The van der Waals surface area contributed by atoms with Crippen molar-refractivity contribution in [2.24, 2.45) is 4.99 Å². The summed E-state index contributed by atoms with van der Waals surface area (Å²) < 4.78 is 0. The first-order chi connectivity index (χ1) is 9.79. The lowest BCUT2D eigenvalue weighted by Gasteiger charge is -2.13. The molecule has 0 radical (unpaired) electrons. The van der Waals surface area contributed by atoms with E-state index in [2.05, 4.69) is 15.0 Å². The number of allylic oxidation sites excluding steroid dienone is 1. The van der Waals surface area contributed by atoms with Gasteiger partial charge in [0.05, 0.1) is 17.8 Å². The second-order valence-corrected chi connectivity index (χ2v) is 4.97. The highest BCUT2D eigenvalue weighted by molar-refractivity contribution is 7.11. The topological polar surface area (TPSA) is 79.0 Å². The molecule has 0 bridgehead atoms. The van der Waals surface area contributed by atoms with Gasteiger partial charge in [0.2, 0.25) is 0 Å². The third-order valence-electron chi connectivity index (χ3n) is 2.82. The van der Waals surface area contributed by atoms with E-state index < -0.39 is 0 Å². The fourth-order valence-electron chi connectivity index (χ4n) is 1.92. The van der Waals surface area contributed by atoms with Crippen LogP contribution in [-0.4, -0.2) is 21.5 Å². The van der Waals surface area contributed by atoms with E-state index in [4.69, 9.17) is 0 Å². The van der Waals surface area contributed by atoms with E-state index in [9.17, 15) is 10.1 Å². The normalized spacial score (nSPS) is 14.9. The predicted octanol–water partition coefficient (Wildman–Crippen LogP) is 2.23. The van der Waals surface area contributed by atoms with Crippen molar-refractivity contribution in [1.82, 2.24) is 9.97 Å². The van der Waals surface area contributed by atoms with Gasteiger partial charge in [0.1, 0.15) is 16.6 Å². The Morgan fingerprint density at radius 2 is 2.25 bits per heavy atom. The molecule has 0 fully saturated rings. The average molecular weight is 280 g/mol. The van der Waals surface area contributed by atoms with Gasteiger partial charge < -0.3 is 0 Å². The molecule has 0 saturated heterocycles. The van der Waals surface area contributed by atoms with Crippen molar-refractivity contribution in [3.05, 3.63) is 52.2 Å². The number of ketones is 1. The van der Waals surface area contributed by atoms with E-state index in [1.165, 1.54) is 11.3 Å². The highest BCUT2D eigenvalue weighted by Crippen LogP contribution is 2.27. The van der Waals surface area contributed by atoms with E-state index in [0.717, 1.165) is 0 Å². The van der Waals surface area contributed by atoms with Crippen LogP contribution in [0, 0.1) is 11.3 Å². The monoisotopic (exact) mass is 280 g/mol. The van der Waals surface area contributed by atoms with Gasteiger partial charge in [0, 0.05) is 29.5 Å². The highest BCUT2D eigenvalue weighted by Gasteiger charge is 2.25. The molecule has 3 heterocycles. The van der Waals surface area contributed by atoms with Crippen molar-refractivity contribution < 1.29 is 4.79 Å². The van der Waals surface area contributed by atoms with Crippen LogP contribution in [0.25, 0.3) is 5.70 Å². The summed E-state index contributed by atoms with van der Waals surface area (Å²) in [5.74, 6) is -0.230. The molecule has 1 aliphatic heterocycles. The van der Waals surface area contributed by atoms with Crippen LogP contribution in [0.3, 0.4) is 0 Å². The number of aliphatic imine (C=N–C) groups is 1. The van der Waals surface area contributed by atoms with Crippen molar-refractivity contribution in [2.45, 2.75) is 6.42 Å². The van der Waals surface area contributed by atoms with E-state index in [1.54, 1.807) is 30.7 Å². The smallest absolute Gasteiger partial charge is 0.181 e. The van der Waals surface area contributed by atoms with E-state index >= 15 is 0 Å². The van der Waals surface area contributed by atoms with Crippen molar-refractivity contribution in [3.63, 3.8) is 0 Å². The third kappa shape index (κ3) is 2.15. The molecule has 0 aliphatic carbocycles. The molecule has 0 aromatic carbocycles. The lowest BCUT2D eigenvalue weighted by atomic mass is 9.98. The standard InChI is InChI=1S/C14H8N4OS/c15-7-10-12(19)6-11(14-17-4-5-20-14)18-13(10)9-2-1-3-16-8-9/h1-5,8H,6H2. The van der Waals surface area contributed by atoms with Crippen LogP contribution < -0.4 is 0 Å². The first-order valence-electron chi connectivity index (χ1n) is 5.85. The maximum Gasteiger partial charge on any atom is 0.181 e. The van der Waals surface area contributed by atoms with Crippen LogP contribution in [0.15, 0.2) is 46.7 Å². The number of nitriles is 1. The van der Waals surface area contributed by atoms with Gasteiger partial charge in [-0.2, -0.15) is 5.26 Å². The largest absolute Gasteiger partial charge is 0.293 e. The molecule has 2 aromatic heterocycles. The first kappa shape index (κ1) is 12.4. The molecular weight excluding hydrogens is 272 g/mol. The second kappa shape index (κ2) is 5.15. The zero-order valence-corrected chi connectivity index (χ0v) is 11.1. The molecule has 0 N–H and O–H groups in total. The SMILES string of the molecule is N#CC1=C(c2cccnc2)N=C(c2nccs2)CC1=O. The summed E-state index contributed by atoms with van der Waals surface area (Å²) in [4.78, 5) is 24.7. The Balaban J connectivity index is 2.16. The van der Waals surface area contributed by atoms with Crippen molar-refractivity contribution in [1.29, 1.82) is 5.26 Å². The number of hydrogen-bond donors (Lipinski definition) is 0. The molecule has 5 nitrogen and oxygen atoms in total. The number of thiazole rings is 1. The minimum absolute atomic E-state index is 0.0818. The van der Waals surface area contributed by atoms with Crippen LogP contribution in [0.5, 0.6) is 0 Å². The van der Waals surface area contributed by atoms with Gasteiger partial charge in [-0.15, -0.1) is 11.3 Å². The Morgan fingerprint density at radius 3 is 2.90 bits per heavy atom. The molecule has 2 aromatic rings. The van der Waals surface area contributed by atoms with Gasteiger partial charge >= 0.3 is 0 Å². The predicted molar refractivity (Wildman–Crippen MR) is 75.0 cm³/mol. The first-order valence-corrected chi connectivity index (χ1v) is 6.73. The summed E-state index contributed by atoms with van der Waals surface area (Å²) in [7, 11) is 0. The molecule has 1 aliphatic rings. The summed E-state index contributed by atoms with van der Waals surface area (Å²) >= 11 is 1.42. The van der Waals surface area contributed by atoms with Gasteiger partial charge in [0.15, 0.2) is 5.78 Å². The molecule has 20 heavy (non-hydrogen) atoms. The third-order valence-corrected chi connectivity index (χ3v) is 3.64. The van der Waals surface area contributed by atoms with Crippen molar-refractivity contribution >= 4 is 28.5 Å². The summed E-state index contributed by atoms with van der Waals surface area (Å²) in [6.45, 7) is 0. The summed E-state index contributed by atoms with van der Waals surface area (Å²) in [6.07, 6.45) is 5.00. The Kier molecular flexibility index (Phi) is 3.19. The Bertz CT molecular complexity index is 754. The second-order valence-electron chi connectivity index (χ2n) is 4.07. The number of nitrogens with zero attached hydrogens (tertiary/aromatic N) is 4. The fourth-order valence-corrected chi connectivity index (χ4v) is 2.55. The van der Waals surface area contributed by atoms with Crippen molar-refractivity contribution in [3.8, 4) is 6.07 Å². The lowest BCUT2D eigenvalue weighted by molar-refractivity contribution is -0.114. The molecule has 0 amide bonds. The quantitative estimate of drug-likeness (QED) is 0.845. The summed E-state index contributed by atoms with van der Waals surface area (Å²) in [5.41, 5.74) is 1.72. The number of rotatable bonds is 2. The van der Waals surface area contributed by atoms with E-state index in [1.807, 2.05) is 11.4 Å². The van der Waals surface area contributed by atoms with Gasteiger partial charge in [-0.3, -0.25) is 9.78 Å². The number of pyridine rings is 1. The number of hydrogen-bond acceptors (Lipinski definition) is 6. The Hall–Kier alpha value is -2.65. The van der Waals surface area contributed by atoms with Crippen LogP contribution in [-0.2, 0) is 4.79 Å². The molecule has 3 rings (SSSR count). The number of carbonyl (C=O) groups excluding carboxylic acids is 1. The molecule has 96 valence electrons. The molecule has 0 unspecified atom stereocenters. The minimum atomic E-state index is -0.230. The summed E-state index contributed by atoms with van der Waals surface area (Å²) in [5, 5.41) is 11.7. The molecular formula is C14H8N4OS. The Morgan fingerprint density at radius 1 is 1.35 bits per heavy atom. The maximum atomic E-state index is 12.1. The maximum absolute atomic E-state index is 12.1. The number of aromatic nitrogens is 2. The Labute approximate surface area is 119 Å². The summed E-state index contributed by atoms with van der Waals surface area (Å²) in [6, 6.07) is 5.47. The van der Waals surface area contributed by atoms with E-state index in [0.29, 0.717) is 22.0 Å². The zero-order valence-electron chi connectivity index (χ0n) is 10.3. The minimum Gasteiger partial charge on any atom is -0.293 e. The van der Waals surface area contributed by atoms with Gasteiger partial charge in [0.25, 0.3) is 0 Å². The molecule has 6 heteroatoms. The number of carbonyl (C=O) groups is 1. The van der Waals surface area contributed by atoms with Crippen LogP contribution in [0.4, 0.5) is 0 Å². The van der Waals surface area contributed by atoms with Gasteiger partial charge in [-0.25, -0.2) is 9.98 Å². The average Bonchev–Trinajstić information content (AvgIpc) is 3.01. The number of Topliss-reactive ketones (excluding diaryl/α,β-unsaturated/α-hetero) is 1.